The molecule has 0 saturated carbocycles. The van der Waals surface area contributed by atoms with Crippen molar-refractivity contribution < 1.29 is 19.0 Å². The van der Waals surface area contributed by atoms with Crippen molar-refractivity contribution in [2.45, 2.75) is 64.6 Å². The van der Waals surface area contributed by atoms with Gasteiger partial charge in [0.2, 0.25) is 12.2 Å². The number of unbranched alkanes of at least 4 members (excludes halogenated alkanes) is 2. The smallest absolute Gasteiger partial charge is 0.242 e. The third-order valence-corrected chi connectivity index (χ3v) is 6.10. The van der Waals surface area contributed by atoms with Crippen LogP contribution in [0.5, 0.6) is 11.5 Å². The molecule has 8 nitrogen and oxygen atoms in total. The van der Waals surface area contributed by atoms with Crippen molar-refractivity contribution in [1.82, 2.24) is 20.9 Å². The summed E-state index contributed by atoms with van der Waals surface area (Å²) in [6.45, 7) is 8.53. The summed E-state index contributed by atoms with van der Waals surface area (Å²) in [7, 11) is 3.60. The Morgan fingerprint density at radius 1 is 1.32 bits per heavy atom. The average Bonchev–Trinajstić information content (AvgIpc) is 3.59. The Bertz CT molecular complexity index is 799. The van der Waals surface area contributed by atoms with Gasteiger partial charge in [0.1, 0.15) is 0 Å². The molecule has 3 atom stereocenters. The lowest BCUT2D eigenvalue weighted by Gasteiger charge is -2.34. The van der Waals surface area contributed by atoms with Gasteiger partial charge in [0.05, 0.1) is 7.11 Å². The minimum atomic E-state index is -0.299. The van der Waals surface area contributed by atoms with Gasteiger partial charge in [-0.1, -0.05) is 32.1 Å². The van der Waals surface area contributed by atoms with Crippen molar-refractivity contribution >= 4 is 5.91 Å². The van der Waals surface area contributed by atoms with Crippen molar-refractivity contribution in [2.75, 3.05) is 40.3 Å². The fraction of sp³-hybridized carbons (Fsp3) is 0.654. The van der Waals surface area contributed by atoms with Crippen molar-refractivity contribution in [2.24, 2.45) is 5.92 Å². The molecule has 1 amide bonds. The van der Waals surface area contributed by atoms with E-state index in [4.69, 9.17) is 14.2 Å². The number of carbonyl (C=O) groups excluding carboxylic acids is 1. The van der Waals surface area contributed by atoms with E-state index >= 15 is 0 Å². The number of carbonyl (C=O) groups is 1. The molecular formula is C26H42N4O4. The van der Waals surface area contributed by atoms with Gasteiger partial charge >= 0.3 is 0 Å². The minimum Gasteiger partial charge on any atom is -0.493 e. The van der Waals surface area contributed by atoms with Crippen LogP contribution in [0.1, 0.15) is 45.1 Å². The standard InChI is InChI=1S/C26H42N4O4/c1-19(2)9-7-5-6-8-10-24(31)29-16-20-11-12-22(23(15-20)32-4)33-26-25(34-26)30-14-13-28-18-21(30)17-27-3/h7,9,11-12,15,19,21,25-28H,5-6,8,10,13-14,16-18H2,1-4H3,(H,29,31)/b9-7+. The molecule has 3 N–H and O–H groups in total. The number of nitrogens with zero attached hydrogens (tertiary/aromatic N) is 1. The molecule has 34 heavy (non-hydrogen) atoms. The van der Waals surface area contributed by atoms with Crippen LogP contribution in [0.25, 0.3) is 0 Å². The third kappa shape index (κ3) is 8.27. The van der Waals surface area contributed by atoms with Crippen LogP contribution in [-0.2, 0) is 16.1 Å². The van der Waals surface area contributed by atoms with Crippen LogP contribution in [0.4, 0.5) is 0 Å². The number of epoxide rings is 1. The van der Waals surface area contributed by atoms with Gasteiger partial charge in [0.15, 0.2) is 17.7 Å². The first-order valence-corrected chi connectivity index (χ1v) is 12.5. The highest BCUT2D eigenvalue weighted by molar-refractivity contribution is 5.75. The highest BCUT2D eigenvalue weighted by atomic mass is 16.8. The number of allylic oxidation sites excluding steroid dienone is 2. The minimum absolute atomic E-state index is 0.0371. The van der Waals surface area contributed by atoms with Gasteiger partial charge in [-0.3, -0.25) is 9.69 Å². The number of piperazine rings is 1. The van der Waals surface area contributed by atoms with Crippen LogP contribution in [0.15, 0.2) is 30.4 Å². The summed E-state index contributed by atoms with van der Waals surface area (Å²) < 4.78 is 17.5. The first kappa shape index (κ1) is 26.5. The van der Waals surface area contributed by atoms with Crippen LogP contribution < -0.4 is 25.4 Å². The lowest BCUT2D eigenvalue weighted by Crippen LogP contribution is -2.56. The number of rotatable bonds is 14. The second kappa shape index (κ2) is 13.7. The third-order valence-electron chi connectivity index (χ3n) is 6.10. The zero-order valence-electron chi connectivity index (χ0n) is 21.1. The Hall–Kier alpha value is -2.13. The lowest BCUT2D eigenvalue weighted by molar-refractivity contribution is -0.121. The average molecular weight is 475 g/mol. The summed E-state index contributed by atoms with van der Waals surface area (Å²) >= 11 is 0. The van der Waals surface area contributed by atoms with E-state index in [9.17, 15) is 4.79 Å². The fourth-order valence-corrected chi connectivity index (χ4v) is 4.20. The van der Waals surface area contributed by atoms with Crippen molar-refractivity contribution in [3.63, 3.8) is 0 Å². The molecule has 0 spiro atoms. The van der Waals surface area contributed by atoms with E-state index in [2.05, 4.69) is 46.8 Å². The van der Waals surface area contributed by atoms with Gasteiger partial charge in [-0.2, -0.15) is 0 Å². The summed E-state index contributed by atoms with van der Waals surface area (Å²) in [5.74, 6) is 1.96. The zero-order valence-corrected chi connectivity index (χ0v) is 21.1. The summed E-state index contributed by atoms with van der Waals surface area (Å²) in [5, 5.41) is 9.69. The van der Waals surface area contributed by atoms with Crippen LogP contribution in [0.2, 0.25) is 0 Å². The molecule has 1 aromatic carbocycles. The lowest BCUT2D eigenvalue weighted by atomic mass is 10.1. The molecule has 190 valence electrons. The summed E-state index contributed by atoms with van der Waals surface area (Å²) in [4.78, 5) is 14.5. The molecule has 2 heterocycles. The molecule has 1 aromatic rings. The predicted octanol–water partition coefficient (Wildman–Crippen LogP) is 2.64. The number of hydrogen-bond acceptors (Lipinski definition) is 7. The van der Waals surface area contributed by atoms with Crippen LogP contribution in [0.3, 0.4) is 0 Å². The van der Waals surface area contributed by atoms with Gasteiger partial charge in [0, 0.05) is 45.2 Å². The number of nitrogens with one attached hydrogen (secondary N) is 3. The second-order valence-corrected chi connectivity index (χ2v) is 9.35. The molecule has 2 fully saturated rings. The predicted molar refractivity (Wildman–Crippen MR) is 134 cm³/mol. The van der Waals surface area contributed by atoms with Crippen LogP contribution >= 0.6 is 0 Å². The van der Waals surface area contributed by atoms with Gasteiger partial charge in [0.25, 0.3) is 0 Å². The van der Waals surface area contributed by atoms with Gasteiger partial charge in [-0.15, -0.1) is 0 Å². The number of hydrogen-bond donors (Lipinski definition) is 3. The molecule has 2 aliphatic heterocycles. The van der Waals surface area contributed by atoms with E-state index in [0.717, 1.165) is 51.0 Å². The Balaban J connectivity index is 1.42. The van der Waals surface area contributed by atoms with Gasteiger partial charge < -0.3 is 30.2 Å². The Labute approximate surface area is 204 Å². The molecule has 8 heteroatoms. The van der Waals surface area contributed by atoms with Gasteiger partial charge in [-0.05, 0) is 49.9 Å². The second-order valence-electron chi connectivity index (χ2n) is 9.35. The Kier molecular flexibility index (Phi) is 10.7. The fourth-order valence-electron chi connectivity index (χ4n) is 4.20. The van der Waals surface area contributed by atoms with E-state index in [1.807, 2.05) is 25.2 Å². The number of ether oxygens (including phenoxy) is 3. The zero-order chi connectivity index (χ0) is 24.3. The topological polar surface area (TPSA) is 87.4 Å². The molecule has 0 radical (unpaired) electrons. The molecule has 3 unspecified atom stereocenters. The molecule has 0 aromatic heterocycles. The maximum Gasteiger partial charge on any atom is 0.242 e. The van der Waals surface area contributed by atoms with Crippen molar-refractivity contribution in [3.8, 4) is 11.5 Å². The number of methoxy groups -OCH3 is 1. The maximum atomic E-state index is 12.2. The van der Waals surface area contributed by atoms with E-state index in [-0.39, 0.29) is 18.4 Å². The summed E-state index contributed by atoms with van der Waals surface area (Å²) in [6, 6.07) is 6.14. The molecule has 3 rings (SSSR count). The largest absolute Gasteiger partial charge is 0.493 e. The number of likely N-dealkylation sites (N-methyl/N-ethyl adjacent to an activating group) is 1. The van der Waals surface area contributed by atoms with E-state index in [0.29, 0.717) is 36.4 Å². The van der Waals surface area contributed by atoms with E-state index in [1.165, 1.54) is 0 Å². The van der Waals surface area contributed by atoms with Crippen molar-refractivity contribution in [3.05, 3.63) is 35.9 Å². The Morgan fingerprint density at radius 3 is 2.94 bits per heavy atom. The molecular weight excluding hydrogens is 432 g/mol. The normalized spacial score (nSPS) is 22.8. The highest BCUT2D eigenvalue weighted by Gasteiger charge is 2.49. The first-order chi connectivity index (χ1) is 16.5. The quantitative estimate of drug-likeness (QED) is 0.217. The molecule has 0 aliphatic carbocycles. The van der Waals surface area contributed by atoms with Gasteiger partial charge in [-0.25, -0.2) is 0 Å². The maximum absolute atomic E-state index is 12.2. The molecule has 2 aliphatic rings. The Morgan fingerprint density at radius 2 is 2.18 bits per heavy atom. The summed E-state index contributed by atoms with van der Waals surface area (Å²) in [5.41, 5.74) is 0.974. The summed E-state index contributed by atoms with van der Waals surface area (Å²) in [6.07, 6.45) is 7.59. The van der Waals surface area contributed by atoms with Crippen LogP contribution in [-0.4, -0.2) is 69.7 Å². The van der Waals surface area contributed by atoms with Crippen LogP contribution in [0, 0.1) is 5.92 Å². The van der Waals surface area contributed by atoms with E-state index in [1.54, 1.807) is 7.11 Å². The molecule has 2 saturated heterocycles. The molecule has 0 bridgehead atoms. The van der Waals surface area contributed by atoms with Crippen molar-refractivity contribution in [1.29, 1.82) is 0 Å². The SMILES string of the molecule is CNCC1CNCCN1C1OC1Oc1ccc(CNC(=O)CCCC/C=C/C(C)C)cc1OC. The number of amides is 1. The monoisotopic (exact) mass is 474 g/mol. The van der Waals surface area contributed by atoms with E-state index < -0.39 is 0 Å². The highest BCUT2D eigenvalue weighted by Crippen LogP contribution is 2.35. The number of benzene rings is 1. The first-order valence-electron chi connectivity index (χ1n) is 12.5.